The van der Waals surface area contributed by atoms with Crippen LogP contribution in [0.3, 0.4) is 0 Å². The second kappa shape index (κ2) is 7.77. The highest BCUT2D eigenvalue weighted by molar-refractivity contribution is 7.99. The Morgan fingerprint density at radius 3 is 2.45 bits per heavy atom. The molecule has 0 aromatic heterocycles. The van der Waals surface area contributed by atoms with Crippen molar-refractivity contribution in [2.75, 3.05) is 19.7 Å². The summed E-state index contributed by atoms with van der Waals surface area (Å²) in [6.45, 7) is 2.17. The number of rotatable bonds is 6. The van der Waals surface area contributed by atoms with Gasteiger partial charge in [0.15, 0.2) is 0 Å². The summed E-state index contributed by atoms with van der Waals surface area (Å²) in [6, 6.07) is -1.61. The average Bonchev–Trinajstić information content (AvgIpc) is 2.44. The minimum Gasteiger partial charge on any atom is -0.464 e. The highest BCUT2D eigenvalue weighted by Crippen LogP contribution is 2.39. The number of halogens is 3. The number of carbonyl (C=O) groups is 2. The van der Waals surface area contributed by atoms with Crippen molar-refractivity contribution in [1.82, 2.24) is 10.6 Å². The van der Waals surface area contributed by atoms with Crippen LogP contribution in [0.2, 0.25) is 0 Å². The lowest BCUT2D eigenvalue weighted by molar-refractivity contribution is -0.176. The van der Waals surface area contributed by atoms with E-state index in [1.807, 2.05) is 0 Å². The third-order valence-electron chi connectivity index (χ3n) is 3.25. The quantitative estimate of drug-likeness (QED) is 0.426. The Morgan fingerprint density at radius 1 is 1.41 bits per heavy atom. The van der Waals surface area contributed by atoms with Crippen LogP contribution in [-0.2, 0) is 14.3 Å². The van der Waals surface area contributed by atoms with Crippen LogP contribution in [0.5, 0.6) is 0 Å². The number of esters is 1. The van der Waals surface area contributed by atoms with Crippen molar-refractivity contribution in [2.24, 2.45) is 4.58 Å². The highest BCUT2D eigenvalue weighted by Gasteiger charge is 2.50. The molecule has 1 fully saturated rings. The van der Waals surface area contributed by atoms with Crippen LogP contribution >= 0.6 is 11.9 Å². The average molecular weight is 343 g/mol. The highest BCUT2D eigenvalue weighted by atomic mass is 32.2. The third kappa shape index (κ3) is 4.57. The van der Waals surface area contributed by atoms with Crippen LogP contribution in [-0.4, -0.2) is 48.5 Å². The first-order valence-corrected chi connectivity index (χ1v) is 7.30. The van der Waals surface area contributed by atoms with Crippen LogP contribution < -0.4 is 10.6 Å². The summed E-state index contributed by atoms with van der Waals surface area (Å²) >= 11 is 0.461. The first kappa shape index (κ1) is 18.7. The van der Waals surface area contributed by atoms with E-state index >= 15 is 0 Å². The van der Waals surface area contributed by atoms with E-state index in [2.05, 4.69) is 9.90 Å². The Kier molecular flexibility index (Phi) is 6.60. The zero-order valence-electron chi connectivity index (χ0n) is 11.7. The Bertz CT molecular complexity index is 427. The molecular formula is C11H16F3N3O4S. The minimum absolute atomic E-state index is 0.0647. The Hall–Kier alpha value is -1.36. The number of carbonyl (C=O) groups excluding carboxylic acids is 2. The monoisotopic (exact) mass is 343 g/mol. The molecule has 0 radical (unpaired) electrons. The summed E-state index contributed by atoms with van der Waals surface area (Å²) in [6.07, 6.45) is -4.77. The summed E-state index contributed by atoms with van der Waals surface area (Å²) in [7, 11) is 0. The molecule has 1 rings (SSSR count). The molecule has 1 amide bonds. The lowest BCUT2D eigenvalue weighted by Crippen LogP contribution is -2.60. The molecule has 1 aliphatic rings. The SMILES string of the molecule is CCOC(=O)C(NC(=O)C(F)(F)F)C1(SN=O)CCNCC1. The molecular weight excluding hydrogens is 327 g/mol. The number of ether oxygens (including phenoxy) is 1. The molecule has 7 nitrogen and oxygen atoms in total. The maximum absolute atomic E-state index is 12.5. The van der Waals surface area contributed by atoms with Gasteiger partial charge in [-0.1, -0.05) is 0 Å². The number of nitrogens with zero attached hydrogens (tertiary/aromatic N) is 1. The van der Waals surface area contributed by atoms with Crippen molar-refractivity contribution in [3.05, 3.63) is 4.91 Å². The second-order valence-electron chi connectivity index (χ2n) is 4.64. The summed E-state index contributed by atoms with van der Waals surface area (Å²) in [4.78, 5) is 33.8. The number of piperidine rings is 1. The largest absolute Gasteiger partial charge is 0.471 e. The topological polar surface area (TPSA) is 96.9 Å². The van der Waals surface area contributed by atoms with E-state index < -0.39 is 28.8 Å². The van der Waals surface area contributed by atoms with E-state index in [0.717, 1.165) is 0 Å². The number of hydrogen-bond donors (Lipinski definition) is 2. The van der Waals surface area contributed by atoms with Crippen LogP contribution in [0.15, 0.2) is 4.58 Å². The van der Waals surface area contributed by atoms with Gasteiger partial charge in [-0.25, -0.2) is 4.79 Å². The first-order valence-electron chi connectivity index (χ1n) is 6.52. The van der Waals surface area contributed by atoms with Crippen molar-refractivity contribution >= 4 is 23.8 Å². The van der Waals surface area contributed by atoms with Crippen molar-refractivity contribution in [3.63, 3.8) is 0 Å². The molecule has 126 valence electrons. The molecule has 0 aliphatic carbocycles. The van der Waals surface area contributed by atoms with E-state index in [1.165, 1.54) is 6.92 Å². The minimum atomic E-state index is -5.14. The van der Waals surface area contributed by atoms with Crippen molar-refractivity contribution in [3.8, 4) is 0 Å². The van der Waals surface area contributed by atoms with Crippen molar-refractivity contribution in [1.29, 1.82) is 0 Å². The molecule has 1 heterocycles. The molecule has 0 spiro atoms. The number of hydrogen-bond acceptors (Lipinski definition) is 7. The lowest BCUT2D eigenvalue weighted by atomic mass is 9.88. The van der Waals surface area contributed by atoms with E-state index in [4.69, 9.17) is 4.74 Å². The third-order valence-corrected chi connectivity index (χ3v) is 4.33. The molecule has 1 atom stereocenters. The van der Waals surface area contributed by atoms with Crippen molar-refractivity contribution < 1.29 is 27.5 Å². The number of amides is 1. The Balaban J connectivity index is 3.07. The van der Waals surface area contributed by atoms with E-state index in [0.29, 0.717) is 25.0 Å². The molecule has 0 bridgehead atoms. The summed E-state index contributed by atoms with van der Waals surface area (Å²) < 4.78 is 43.5. The van der Waals surface area contributed by atoms with Gasteiger partial charge in [-0.05, 0) is 32.9 Å². The first-order chi connectivity index (χ1) is 10.3. The van der Waals surface area contributed by atoms with E-state index in [9.17, 15) is 27.7 Å². The predicted molar refractivity (Wildman–Crippen MR) is 72.8 cm³/mol. The van der Waals surface area contributed by atoms with Crippen LogP contribution in [0, 0.1) is 4.91 Å². The van der Waals surface area contributed by atoms with Gasteiger partial charge in [0.25, 0.3) is 0 Å². The van der Waals surface area contributed by atoms with Gasteiger partial charge in [-0.15, -0.1) is 4.91 Å². The molecule has 0 aromatic rings. The molecule has 0 saturated carbocycles. The smallest absolute Gasteiger partial charge is 0.464 e. The lowest BCUT2D eigenvalue weighted by Gasteiger charge is -2.39. The Morgan fingerprint density at radius 2 is 2.00 bits per heavy atom. The fraction of sp³-hybridized carbons (Fsp3) is 0.818. The van der Waals surface area contributed by atoms with Gasteiger partial charge in [0.2, 0.25) is 0 Å². The maximum atomic E-state index is 12.5. The molecule has 1 saturated heterocycles. The summed E-state index contributed by atoms with van der Waals surface area (Å²) in [5.41, 5.74) is 0. The van der Waals surface area contributed by atoms with Gasteiger partial charge in [0.1, 0.15) is 6.04 Å². The molecule has 2 N–H and O–H groups in total. The Labute approximate surface area is 128 Å². The van der Waals surface area contributed by atoms with Gasteiger partial charge in [-0.3, -0.25) is 4.79 Å². The van der Waals surface area contributed by atoms with Gasteiger partial charge >= 0.3 is 18.1 Å². The zero-order chi connectivity index (χ0) is 16.8. The normalized spacial score (nSPS) is 19.1. The van der Waals surface area contributed by atoms with Crippen LogP contribution in [0.1, 0.15) is 19.8 Å². The van der Waals surface area contributed by atoms with Gasteiger partial charge < -0.3 is 15.4 Å². The standard InChI is InChI=1S/C11H16F3N3O4S/c1-2-21-8(18)7(16-9(19)11(12,13)14)10(22-17-20)3-5-15-6-4-10/h7,15H,2-6H2,1H3,(H,16,19). The number of alkyl halides is 3. The van der Waals surface area contributed by atoms with Gasteiger partial charge in [0.05, 0.1) is 11.4 Å². The number of nitroso groups, excluding NO2 is 1. The zero-order valence-corrected chi connectivity index (χ0v) is 12.6. The molecule has 22 heavy (non-hydrogen) atoms. The van der Waals surface area contributed by atoms with Crippen molar-refractivity contribution in [2.45, 2.75) is 36.7 Å². The molecule has 1 aliphatic heterocycles. The van der Waals surface area contributed by atoms with Crippen LogP contribution in [0.25, 0.3) is 0 Å². The molecule has 0 aromatic carbocycles. The molecule has 1 unspecified atom stereocenters. The van der Waals surface area contributed by atoms with Gasteiger partial charge in [0, 0.05) is 16.5 Å². The summed E-state index contributed by atoms with van der Waals surface area (Å²) in [5.74, 6) is -3.27. The fourth-order valence-electron chi connectivity index (χ4n) is 2.20. The second-order valence-corrected chi connectivity index (χ2v) is 5.78. The maximum Gasteiger partial charge on any atom is 0.471 e. The van der Waals surface area contributed by atoms with E-state index in [-0.39, 0.29) is 19.4 Å². The predicted octanol–water partition coefficient (Wildman–Crippen LogP) is 1.13. The van der Waals surface area contributed by atoms with Gasteiger partial charge in [-0.2, -0.15) is 13.2 Å². The summed E-state index contributed by atoms with van der Waals surface area (Å²) in [5, 5.41) is 4.61. The fourth-order valence-corrected chi connectivity index (χ4v) is 3.00. The molecule has 11 heteroatoms. The van der Waals surface area contributed by atoms with E-state index in [1.54, 1.807) is 5.32 Å². The van der Waals surface area contributed by atoms with Crippen LogP contribution in [0.4, 0.5) is 13.2 Å². The number of nitrogens with one attached hydrogen (secondary N) is 2.